The summed E-state index contributed by atoms with van der Waals surface area (Å²) in [6, 6.07) is 6.55. The third-order valence-corrected chi connectivity index (χ3v) is 2.88. The van der Waals surface area contributed by atoms with E-state index in [2.05, 4.69) is 0 Å². The molecular formula is C13H18N2O4. The summed E-state index contributed by atoms with van der Waals surface area (Å²) in [4.78, 5) is 22.7. The predicted octanol–water partition coefficient (Wildman–Crippen LogP) is 2.28. The fraction of sp³-hybridized carbons (Fsp3) is 0.462. The van der Waals surface area contributed by atoms with Gasteiger partial charge in [-0.3, -0.25) is 19.8 Å². The molecule has 0 fully saturated rings. The van der Waals surface area contributed by atoms with Crippen LogP contribution in [-0.4, -0.2) is 33.5 Å². The normalized spacial score (nSPS) is 10.9. The Morgan fingerprint density at radius 1 is 1.37 bits per heavy atom. The number of hydrogen-bond donors (Lipinski definition) is 1. The molecule has 0 atom stereocenters. The molecule has 0 heterocycles. The van der Waals surface area contributed by atoms with Crippen LogP contribution in [0.3, 0.4) is 0 Å². The van der Waals surface area contributed by atoms with Crippen LogP contribution in [-0.2, 0) is 11.3 Å². The topological polar surface area (TPSA) is 83.7 Å². The van der Waals surface area contributed by atoms with E-state index in [4.69, 9.17) is 5.11 Å². The van der Waals surface area contributed by atoms with Crippen LogP contribution in [0, 0.1) is 10.1 Å². The standard InChI is InChI=1S/C13H18N2O4/c1-10(2)14(8-7-13(16)17)9-11-3-5-12(6-4-11)15(18)19/h3-6,10H,7-9H2,1-2H3,(H,16,17). The number of benzene rings is 1. The lowest BCUT2D eigenvalue weighted by atomic mass is 10.1. The molecule has 0 amide bonds. The van der Waals surface area contributed by atoms with Crippen molar-refractivity contribution >= 4 is 11.7 Å². The number of nitro groups is 1. The number of carboxylic acid groups (broad SMARTS) is 1. The lowest BCUT2D eigenvalue weighted by Gasteiger charge is -2.25. The molecule has 0 unspecified atom stereocenters. The van der Waals surface area contributed by atoms with Gasteiger partial charge in [0.05, 0.1) is 11.3 Å². The van der Waals surface area contributed by atoms with Crippen LogP contribution in [0.1, 0.15) is 25.8 Å². The van der Waals surface area contributed by atoms with Crippen molar-refractivity contribution in [2.24, 2.45) is 0 Å². The molecule has 0 spiro atoms. The van der Waals surface area contributed by atoms with Crippen LogP contribution in [0.15, 0.2) is 24.3 Å². The van der Waals surface area contributed by atoms with Crippen molar-refractivity contribution in [2.75, 3.05) is 6.54 Å². The van der Waals surface area contributed by atoms with E-state index in [1.807, 2.05) is 18.7 Å². The second kappa shape index (κ2) is 6.84. The summed E-state index contributed by atoms with van der Waals surface area (Å²) in [5.74, 6) is -0.825. The highest BCUT2D eigenvalue weighted by molar-refractivity contribution is 5.66. The molecule has 1 rings (SSSR count). The van der Waals surface area contributed by atoms with Crippen molar-refractivity contribution in [1.82, 2.24) is 4.90 Å². The molecule has 1 aromatic carbocycles. The Morgan fingerprint density at radius 3 is 2.37 bits per heavy atom. The van der Waals surface area contributed by atoms with Crippen LogP contribution in [0.25, 0.3) is 0 Å². The Kier molecular flexibility index (Phi) is 5.44. The summed E-state index contributed by atoms with van der Waals surface area (Å²) < 4.78 is 0. The first-order chi connectivity index (χ1) is 8.90. The molecule has 104 valence electrons. The zero-order chi connectivity index (χ0) is 14.4. The molecular weight excluding hydrogens is 248 g/mol. The molecule has 0 aliphatic rings. The molecule has 19 heavy (non-hydrogen) atoms. The number of carboxylic acids is 1. The van der Waals surface area contributed by atoms with Gasteiger partial charge in [-0.05, 0) is 19.4 Å². The number of aliphatic carboxylic acids is 1. The zero-order valence-electron chi connectivity index (χ0n) is 11.1. The number of hydrogen-bond acceptors (Lipinski definition) is 4. The number of nitro benzene ring substituents is 1. The van der Waals surface area contributed by atoms with Crippen molar-refractivity contribution < 1.29 is 14.8 Å². The predicted molar refractivity (Wildman–Crippen MR) is 70.9 cm³/mol. The summed E-state index contributed by atoms with van der Waals surface area (Å²) in [5, 5.41) is 19.3. The summed E-state index contributed by atoms with van der Waals surface area (Å²) >= 11 is 0. The highest BCUT2D eigenvalue weighted by Crippen LogP contribution is 2.14. The largest absolute Gasteiger partial charge is 0.481 e. The fourth-order valence-electron chi connectivity index (χ4n) is 1.72. The summed E-state index contributed by atoms with van der Waals surface area (Å²) in [5.41, 5.74) is 0.995. The molecule has 6 heteroatoms. The maximum Gasteiger partial charge on any atom is 0.304 e. The highest BCUT2D eigenvalue weighted by atomic mass is 16.6. The second-order valence-corrected chi connectivity index (χ2v) is 4.63. The van der Waals surface area contributed by atoms with Gasteiger partial charge in [-0.15, -0.1) is 0 Å². The number of nitrogens with zero attached hydrogens (tertiary/aromatic N) is 2. The number of carbonyl (C=O) groups is 1. The molecule has 0 bridgehead atoms. The van der Waals surface area contributed by atoms with Crippen LogP contribution in [0.2, 0.25) is 0 Å². The fourth-order valence-corrected chi connectivity index (χ4v) is 1.72. The Hall–Kier alpha value is -1.95. The van der Waals surface area contributed by atoms with Crippen LogP contribution in [0.5, 0.6) is 0 Å². The van der Waals surface area contributed by atoms with E-state index in [1.54, 1.807) is 12.1 Å². The maximum absolute atomic E-state index is 10.6. The first-order valence-corrected chi connectivity index (χ1v) is 6.09. The van der Waals surface area contributed by atoms with Gasteiger partial charge in [0.2, 0.25) is 0 Å². The SMILES string of the molecule is CC(C)N(CCC(=O)O)Cc1ccc([N+](=O)[O-])cc1. The van der Waals surface area contributed by atoms with Crippen molar-refractivity contribution in [1.29, 1.82) is 0 Å². The Bertz CT molecular complexity index is 442. The maximum atomic E-state index is 10.6. The van der Waals surface area contributed by atoms with E-state index in [1.165, 1.54) is 12.1 Å². The average molecular weight is 266 g/mol. The minimum atomic E-state index is -0.825. The third kappa shape index (κ3) is 5.05. The molecule has 0 radical (unpaired) electrons. The number of non-ortho nitro benzene ring substituents is 1. The molecule has 0 aromatic heterocycles. The highest BCUT2D eigenvalue weighted by Gasteiger charge is 2.12. The monoisotopic (exact) mass is 266 g/mol. The second-order valence-electron chi connectivity index (χ2n) is 4.63. The molecule has 0 saturated heterocycles. The number of rotatable bonds is 7. The minimum absolute atomic E-state index is 0.0605. The van der Waals surface area contributed by atoms with Gasteiger partial charge in [0.1, 0.15) is 0 Å². The molecule has 0 aliphatic heterocycles. The first kappa shape index (κ1) is 15.1. The van der Waals surface area contributed by atoms with Gasteiger partial charge in [-0.2, -0.15) is 0 Å². The third-order valence-electron chi connectivity index (χ3n) is 2.88. The minimum Gasteiger partial charge on any atom is -0.481 e. The van der Waals surface area contributed by atoms with Crippen molar-refractivity contribution in [3.05, 3.63) is 39.9 Å². The summed E-state index contributed by atoms with van der Waals surface area (Å²) in [7, 11) is 0. The molecule has 1 aromatic rings. The van der Waals surface area contributed by atoms with Gasteiger partial charge in [0.25, 0.3) is 5.69 Å². The Morgan fingerprint density at radius 2 is 1.95 bits per heavy atom. The smallest absolute Gasteiger partial charge is 0.304 e. The van der Waals surface area contributed by atoms with Gasteiger partial charge in [-0.1, -0.05) is 12.1 Å². The Labute approximate surface area is 111 Å². The lowest BCUT2D eigenvalue weighted by molar-refractivity contribution is -0.384. The van der Waals surface area contributed by atoms with E-state index in [0.29, 0.717) is 13.1 Å². The average Bonchev–Trinajstić information content (AvgIpc) is 2.34. The lowest BCUT2D eigenvalue weighted by Crippen LogP contribution is -2.32. The van der Waals surface area contributed by atoms with Crippen LogP contribution >= 0.6 is 0 Å². The summed E-state index contributed by atoms with van der Waals surface area (Å²) in [6.07, 6.45) is 0.0885. The van der Waals surface area contributed by atoms with Crippen molar-refractivity contribution in [2.45, 2.75) is 32.9 Å². The van der Waals surface area contributed by atoms with E-state index in [9.17, 15) is 14.9 Å². The van der Waals surface area contributed by atoms with Gasteiger partial charge >= 0.3 is 5.97 Å². The van der Waals surface area contributed by atoms with Crippen molar-refractivity contribution in [3.63, 3.8) is 0 Å². The van der Waals surface area contributed by atoms with Gasteiger partial charge in [0, 0.05) is 31.3 Å². The van der Waals surface area contributed by atoms with E-state index < -0.39 is 10.9 Å². The molecule has 0 saturated carbocycles. The Balaban J connectivity index is 2.68. The van der Waals surface area contributed by atoms with Gasteiger partial charge in [0.15, 0.2) is 0 Å². The van der Waals surface area contributed by atoms with Crippen LogP contribution < -0.4 is 0 Å². The molecule has 0 aliphatic carbocycles. The molecule has 1 N–H and O–H groups in total. The van der Waals surface area contributed by atoms with E-state index in [0.717, 1.165) is 5.56 Å². The van der Waals surface area contributed by atoms with E-state index in [-0.39, 0.29) is 18.2 Å². The zero-order valence-corrected chi connectivity index (χ0v) is 11.1. The summed E-state index contributed by atoms with van der Waals surface area (Å²) in [6.45, 7) is 5.04. The van der Waals surface area contributed by atoms with Crippen LogP contribution in [0.4, 0.5) is 5.69 Å². The molecule has 6 nitrogen and oxygen atoms in total. The quantitative estimate of drug-likeness (QED) is 0.604. The first-order valence-electron chi connectivity index (χ1n) is 6.09. The van der Waals surface area contributed by atoms with Gasteiger partial charge < -0.3 is 5.11 Å². The van der Waals surface area contributed by atoms with Gasteiger partial charge in [-0.25, -0.2) is 0 Å². The van der Waals surface area contributed by atoms with E-state index >= 15 is 0 Å². The van der Waals surface area contributed by atoms with Crippen molar-refractivity contribution in [3.8, 4) is 0 Å².